The maximum atomic E-state index is 13.9. The number of aromatic nitrogens is 3. The first kappa shape index (κ1) is 14.6. The van der Waals surface area contributed by atoms with Crippen molar-refractivity contribution >= 4 is 17.2 Å². The van der Waals surface area contributed by atoms with E-state index in [-0.39, 0.29) is 10.8 Å². The smallest absolute Gasteiger partial charge is 0.150 e. The quantitative estimate of drug-likeness (QED) is 0.859. The second-order valence-electron chi connectivity index (χ2n) is 4.48. The van der Waals surface area contributed by atoms with Crippen molar-refractivity contribution in [2.24, 2.45) is 5.73 Å². The fourth-order valence-electron chi connectivity index (χ4n) is 1.97. The molecule has 0 saturated heterocycles. The highest BCUT2D eigenvalue weighted by Crippen LogP contribution is 2.13. The third kappa shape index (κ3) is 3.01. The van der Waals surface area contributed by atoms with Crippen molar-refractivity contribution in [3.8, 4) is 0 Å². The van der Waals surface area contributed by atoms with E-state index in [0.717, 1.165) is 24.5 Å². The normalized spacial score (nSPS) is 10.8. The molecule has 6 heteroatoms. The molecular weight excluding hydrogens is 275 g/mol. The maximum Gasteiger partial charge on any atom is 0.150 e. The van der Waals surface area contributed by atoms with Crippen LogP contribution in [0.15, 0.2) is 18.2 Å². The molecule has 106 valence electrons. The number of benzene rings is 1. The molecule has 0 aliphatic carbocycles. The Bertz CT molecular complexity index is 636. The van der Waals surface area contributed by atoms with Crippen LogP contribution in [0.3, 0.4) is 0 Å². The topological polar surface area (TPSA) is 56.7 Å². The third-order valence-electron chi connectivity index (χ3n) is 3.08. The van der Waals surface area contributed by atoms with Gasteiger partial charge in [0.25, 0.3) is 0 Å². The van der Waals surface area contributed by atoms with E-state index in [1.807, 2.05) is 13.8 Å². The van der Waals surface area contributed by atoms with Gasteiger partial charge >= 0.3 is 0 Å². The average molecular weight is 292 g/mol. The van der Waals surface area contributed by atoms with Gasteiger partial charge in [-0.2, -0.15) is 5.10 Å². The number of hydrogen-bond donors (Lipinski definition) is 1. The molecule has 1 aromatic heterocycles. The van der Waals surface area contributed by atoms with Gasteiger partial charge < -0.3 is 5.73 Å². The molecule has 20 heavy (non-hydrogen) atoms. The Kier molecular flexibility index (Phi) is 4.44. The predicted octanol–water partition coefficient (Wildman–Crippen LogP) is 2.22. The summed E-state index contributed by atoms with van der Waals surface area (Å²) in [5, 5.41) is 4.39. The SMILES string of the molecule is CCc1nc(CC)n(Cc2cc(C(N)=S)ccc2F)n1. The molecule has 0 aliphatic heterocycles. The lowest BCUT2D eigenvalue weighted by Gasteiger charge is -2.08. The van der Waals surface area contributed by atoms with E-state index < -0.39 is 0 Å². The highest BCUT2D eigenvalue weighted by molar-refractivity contribution is 7.80. The van der Waals surface area contributed by atoms with E-state index in [0.29, 0.717) is 17.7 Å². The van der Waals surface area contributed by atoms with Crippen LogP contribution in [0.2, 0.25) is 0 Å². The Morgan fingerprint density at radius 2 is 2.10 bits per heavy atom. The van der Waals surface area contributed by atoms with Crippen LogP contribution in [0.4, 0.5) is 4.39 Å². The molecule has 0 radical (unpaired) electrons. The summed E-state index contributed by atoms with van der Waals surface area (Å²) >= 11 is 4.92. The minimum atomic E-state index is -0.291. The molecule has 2 rings (SSSR count). The Balaban J connectivity index is 2.36. The number of nitrogens with zero attached hydrogens (tertiary/aromatic N) is 3. The number of rotatable bonds is 5. The number of aryl methyl sites for hydroxylation is 2. The van der Waals surface area contributed by atoms with Gasteiger partial charge in [0, 0.05) is 24.0 Å². The minimum Gasteiger partial charge on any atom is -0.389 e. The average Bonchev–Trinajstić information content (AvgIpc) is 2.83. The van der Waals surface area contributed by atoms with Crippen LogP contribution in [0.5, 0.6) is 0 Å². The van der Waals surface area contributed by atoms with Gasteiger partial charge in [0.15, 0.2) is 5.82 Å². The van der Waals surface area contributed by atoms with Crippen LogP contribution < -0.4 is 5.73 Å². The maximum absolute atomic E-state index is 13.9. The second kappa shape index (κ2) is 6.09. The lowest BCUT2D eigenvalue weighted by molar-refractivity contribution is 0.572. The van der Waals surface area contributed by atoms with Gasteiger partial charge in [-0.1, -0.05) is 26.1 Å². The summed E-state index contributed by atoms with van der Waals surface area (Å²) in [6.45, 7) is 4.33. The molecule has 0 atom stereocenters. The Hall–Kier alpha value is -1.82. The molecule has 0 saturated carbocycles. The third-order valence-corrected chi connectivity index (χ3v) is 3.31. The molecule has 0 fully saturated rings. The van der Waals surface area contributed by atoms with Crippen molar-refractivity contribution in [1.29, 1.82) is 0 Å². The van der Waals surface area contributed by atoms with E-state index in [9.17, 15) is 4.39 Å². The zero-order valence-corrected chi connectivity index (χ0v) is 12.4. The predicted molar refractivity (Wildman–Crippen MR) is 80.2 cm³/mol. The Morgan fingerprint density at radius 3 is 2.70 bits per heavy atom. The molecule has 2 aromatic rings. The van der Waals surface area contributed by atoms with Crippen LogP contribution in [-0.2, 0) is 19.4 Å². The Morgan fingerprint density at radius 1 is 1.35 bits per heavy atom. The fourth-order valence-corrected chi connectivity index (χ4v) is 2.10. The molecule has 4 nitrogen and oxygen atoms in total. The first-order chi connectivity index (χ1) is 9.55. The number of hydrogen-bond acceptors (Lipinski definition) is 3. The molecule has 0 unspecified atom stereocenters. The first-order valence-corrected chi connectivity index (χ1v) is 6.96. The summed E-state index contributed by atoms with van der Waals surface area (Å²) in [5.41, 5.74) is 6.75. The lowest BCUT2D eigenvalue weighted by Crippen LogP contribution is -2.12. The second-order valence-corrected chi connectivity index (χ2v) is 4.92. The summed E-state index contributed by atoms with van der Waals surface area (Å²) in [7, 11) is 0. The van der Waals surface area contributed by atoms with Crippen molar-refractivity contribution in [2.75, 3.05) is 0 Å². The van der Waals surface area contributed by atoms with E-state index in [1.165, 1.54) is 6.07 Å². The number of nitrogens with two attached hydrogens (primary N) is 1. The summed E-state index contributed by atoms with van der Waals surface area (Å²) in [6.07, 6.45) is 1.51. The van der Waals surface area contributed by atoms with Gasteiger partial charge in [-0.15, -0.1) is 0 Å². The van der Waals surface area contributed by atoms with Gasteiger partial charge in [0.2, 0.25) is 0 Å². The highest BCUT2D eigenvalue weighted by atomic mass is 32.1. The van der Waals surface area contributed by atoms with E-state index in [4.69, 9.17) is 18.0 Å². The summed E-state index contributed by atoms with van der Waals surface area (Å²) in [6, 6.07) is 4.64. The van der Waals surface area contributed by atoms with Crippen LogP contribution >= 0.6 is 12.2 Å². The zero-order chi connectivity index (χ0) is 14.7. The summed E-state index contributed by atoms with van der Waals surface area (Å²) < 4.78 is 15.6. The van der Waals surface area contributed by atoms with Gasteiger partial charge in [-0.05, 0) is 18.2 Å². The molecule has 2 N–H and O–H groups in total. The molecule has 0 spiro atoms. The van der Waals surface area contributed by atoms with Crippen molar-refractivity contribution in [2.45, 2.75) is 33.2 Å². The van der Waals surface area contributed by atoms with Crippen LogP contribution in [0.25, 0.3) is 0 Å². The van der Waals surface area contributed by atoms with Crippen molar-refractivity contribution in [1.82, 2.24) is 14.8 Å². The molecule has 0 aliphatic rings. The van der Waals surface area contributed by atoms with Gasteiger partial charge in [-0.3, -0.25) is 0 Å². The number of thiocarbonyl (C=S) groups is 1. The van der Waals surface area contributed by atoms with Crippen LogP contribution in [-0.4, -0.2) is 19.8 Å². The van der Waals surface area contributed by atoms with Gasteiger partial charge in [-0.25, -0.2) is 14.1 Å². The molecule has 1 heterocycles. The van der Waals surface area contributed by atoms with Crippen molar-refractivity contribution < 1.29 is 4.39 Å². The monoisotopic (exact) mass is 292 g/mol. The number of halogens is 1. The Labute approximate surface area is 122 Å². The summed E-state index contributed by atoms with van der Waals surface area (Å²) in [5.74, 6) is 1.33. The van der Waals surface area contributed by atoms with E-state index in [1.54, 1.807) is 16.8 Å². The molecule has 0 amide bonds. The van der Waals surface area contributed by atoms with Crippen LogP contribution in [0.1, 0.15) is 36.6 Å². The molecular formula is C14H17FN4S. The lowest BCUT2D eigenvalue weighted by atomic mass is 10.1. The first-order valence-electron chi connectivity index (χ1n) is 6.56. The van der Waals surface area contributed by atoms with Crippen molar-refractivity contribution in [3.63, 3.8) is 0 Å². The standard InChI is InChI=1S/C14H17FN4S/c1-3-12-17-13(4-2)19(18-12)8-10-7-9(14(16)20)5-6-11(10)15/h5-7H,3-4,8H2,1-2H3,(H2,16,20). The van der Waals surface area contributed by atoms with E-state index in [2.05, 4.69) is 10.1 Å². The van der Waals surface area contributed by atoms with Crippen molar-refractivity contribution in [3.05, 3.63) is 46.8 Å². The van der Waals surface area contributed by atoms with Gasteiger partial charge in [0.1, 0.15) is 16.6 Å². The zero-order valence-electron chi connectivity index (χ0n) is 11.6. The summed E-state index contributed by atoms with van der Waals surface area (Å²) in [4.78, 5) is 4.67. The minimum absolute atomic E-state index is 0.259. The fraction of sp³-hybridized carbons (Fsp3) is 0.357. The van der Waals surface area contributed by atoms with E-state index >= 15 is 0 Å². The largest absolute Gasteiger partial charge is 0.389 e. The molecule has 0 bridgehead atoms. The highest BCUT2D eigenvalue weighted by Gasteiger charge is 2.11. The van der Waals surface area contributed by atoms with Gasteiger partial charge in [0.05, 0.1) is 6.54 Å². The van der Waals surface area contributed by atoms with Crippen LogP contribution in [0, 0.1) is 5.82 Å². The molecule has 1 aromatic carbocycles.